The third kappa shape index (κ3) is 5.03. The second-order valence-electron chi connectivity index (χ2n) is 5.94. The van der Waals surface area contributed by atoms with E-state index in [9.17, 15) is 9.59 Å². The van der Waals surface area contributed by atoms with Gasteiger partial charge in [0.15, 0.2) is 0 Å². The summed E-state index contributed by atoms with van der Waals surface area (Å²) in [5, 5.41) is 5.55. The monoisotopic (exact) mass is 439 g/mol. The number of amides is 2. The summed E-state index contributed by atoms with van der Waals surface area (Å²) in [6.07, 6.45) is 1.60. The summed E-state index contributed by atoms with van der Waals surface area (Å²) in [5.74, 6) is -0.137. The first-order chi connectivity index (χ1) is 13.6. The minimum atomic E-state index is -0.314. The first-order valence-electron chi connectivity index (χ1n) is 8.48. The van der Waals surface area contributed by atoms with Crippen LogP contribution in [0.15, 0.2) is 71.3 Å². The zero-order valence-electron chi connectivity index (χ0n) is 15.1. The molecule has 0 unspecified atom stereocenters. The van der Waals surface area contributed by atoms with E-state index in [-0.39, 0.29) is 11.8 Å². The standard InChI is InChI=1S/C21H18BrN3O3/c1-28-13-15-5-2-3-8-18(15)21(27)24-17-7-4-6-14(11-17)20(26)25-19-10-9-16(22)12-23-19/h2-12H,13H2,1H3,(H,24,27)(H,23,25,26). The number of nitrogens with zero attached hydrogens (tertiary/aromatic N) is 1. The second kappa shape index (κ2) is 9.25. The molecule has 0 spiro atoms. The molecule has 2 N–H and O–H groups in total. The maximum atomic E-state index is 12.6. The summed E-state index contributed by atoms with van der Waals surface area (Å²) < 4.78 is 5.96. The molecule has 6 nitrogen and oxygen atoms in total. The van der Waals surface area contributed by atoms with Crippen LogP contribution in [0, 0.1) is 0 Å². The van der Waals surface area contributed by atoms with Crippen LogP contribution in [0.3, 0.4) is 0 Å². The molecule has 2 amide bonds. The first-order valence-corrected chi connectivity index (χ1v) is 9.27. The maximum absolute atomic E-state index is 12.6. The fraction of sp³-hybridized carbons (Fsp3) is 0.0952. The first kappa shape index (κ1) is 19.7. The van der Waals surface area contributed by atoms with Gasteiger partial charge in [0.05, 0.1) is 6.61 Å². The number of pyridine rings is 1. The average Bonchev–Trinajstić information content (AvgIpc) is 2.70. The number of rotatable bonds is 6. The molecule has 28 heavy (non-hydrogen) atoms. The van der Waals surface area contributed by atoms with Crippen LogP contribution < -0.4 is 10.6 Å². The van der Waals surface area contributed by atoms with Gasteiger partial charge >= 0.3 is 0 Å². The number of nitrogens with one attached hydrogen (secondary N) is 2. The molecule has 2 aromatic carbocycles. The Hall–Kier alpha value is -3.03. The summed E-state index contributed by atoms with van der Waals surface area (Å²) in [4.78, 5) is 29.2. The third-order valence-electron chi connectivity index (χ3n) is 3.91. The quantitative estimate of drug-likeness (QED) is 0.592. The molecule has 3 rings (SSSR count). The number of hydrogen-bond acceptors (Lipinski definition) is 4. The number of anilines is 2. The van der Waals surface area contributed by atoms with E-state index in [4.69, 9.17) is 4.74 Å². The third-order valence-corrected chi connectivity index (χ3v) is 4.38. The highest BCUT2D eigenvalue weighted by molar-refractivity contribution is 9.10. The van der Waals surface area contributed by atoms with Crippen molar-refractivity contribution in [2.45, 2.75) is 6.61 Å². The molecule has 1 aromatic heterocycles. The van der Waals surface area contributed by atoms with Gasteiger partial charge in [0.25, 0.3) is 11.8 Å². The Morgan fingerprint density at radius 3 is 2.57 bits per heavy atom. The number of carbonyl (C=O) groups is 2. The SMILES string of the molecule is COCc1ccccc1C(=O)Nc1cccc(C(=O)Nc2ccc(Br)cn2)c1. The van der Waals surface area contributed by atoms with Gasteiger partial charge in [-0.2, -0.15) is 0 Å². The number of ether oxygens (including phenoxy) is 1. The summed E-state index contributed by atoms with van der Waals surface area (Å²) in [6.45, 7) is 0.340. The van der Waals surface area contributed by atoms with E-state index in [2.05, 4.69) is 31.5 Å². The maximum Gasteiger partial charge on any atom is 0.256 e. The average molecular weight is 440 g/mol. The molecule has 1 heterocycles. The smallest absolute Gasteiger partial charge is 0.256 e. The molecule has 0 saturated heterocycles. The Labute approximate surface area is 171 Å². The molecular weight excluding hydrogens is 422 g/mol. The second-order valence-corrected chi connectivity index (χ2v) is 6.86. The number of methoxy groups -OCH3 is 1. The fourth-order valence-corrected chi connectivity index (χ4v) is 2.83. The van der Waals surface area contributed by atoms with Crippen LogP contribution in [0.4, 0.5) is 11.5 Å². The molecule has 0 aliphatic carbocycles. The van der Waals surface area contributed by atoms with Gasteiger partial charge in [0, 0.05) is 34.6 Å². The molecule has 3 aromatic rings. The highest BCUT2D eigenvalue weighted by atomic mass is 79.9. The number of aromatic nitrogens is 1. The van der Waals surface area contributed by atoms with Gasteiger partial charge in [-0.05, 0) is 57.9 Å². The van der Waals surface area contributed by atoms with Gasteiger partial charge < -0.3 is 15.4 Å². The predicted octanol–water partition coefficient (Wildman–Crippen LogP) is 4.50. The summed E-state index contributed by atoms with van der Waals surface area (Å²) in [7, 11) is 1.58. The fourth-order valence-electron chi connectivity index (χ4n) is 2.60. The van der Waals surface area contributed by atoms with Crippen LogP contribution in [-0.4, -0.2) is 23.9 Å². The van der Waals surface area contributed by atoms with Crippen LogP contribution >= 0.6 is 15.9 Å². The number of benzene rings is 2. The summed E-state index contributed by atoms with van der Waals surface area (Å²) in [6, 6.07) is 17.4. The van der Waals surface area contributed by atoms with E-state index in [0.717, 1.165) is 10.0 Å². The molecule has 0 radical (unpaired) electrons. The molecule has 0 aliphatic heterocycles. The van der Waals surface area contributed by atoms with Gasteiger partial charge in [-0.1, -0.05) is 24.3 Å². The Kier molecular flexibility index (Phi) is 6.52. The van der Waals surface area contributed by atoms with Crippen LogP contribution in [0.25, 0.3) is 0 Å². The van der Waals surface area contributed by atoms with Crippen LogP contribution in [0.1, 0.15) is 26.3 Å². The molecular formula is C21H18BrN3O3. The zero-order chi connectivity index (χ0) is 19.9. The minimum Gasteiger partial charge on any atom is -0.380 e. The van der Waals surface area contributed by atoms with E-state index in [0.29, 0.717) is 29.2 Å². The highest BCUT2D eigenvalue weighted by Gasteiger charge is 2.13. The van der Waals surface area contributed by atoms with Crippen molar-refractivity contribution in [2.24, 2.45) is 0 Å². The predicted molar refractivity (Wildman–Crippen MR) is 111 cm³/mol. The lowest BCUT2D eigenvalue weighted by Crippen LogP contribution is -2.16. The Morgan fingerprint density at radius 1 is 1.00 bits per heavy atom. The highest BCUT2D eigenvalue weighted by Crippen LogP contribution is 2.17. The molecule has 0 atom stereocenters. The normalized spacial score (nSPS) is 10.4. The molecule has 0 aliphatic rings. The van der Waals surface area contributed by atoms with Gasteiger partial charge in [-0.3, -0.25) is 9.59 Å². The van der Waals surface area contributed by atoms with Crippen molar-refractivity contribution in [1.29, 1.82) is 0 Å². The molecule has 0 bridgehead atoms. The van der Waals surface area contributed by atoms with E-state index >= 15 is 0 Å². The lowest BCUT2D eigenvalue weighted by molar-refractivity contribution is 0.101. The summed E-state index contributed by atoms with van der Waals surface area (Å²) >= 11 is 3.30. The number of hydrogen-bond donors (Lipinski definition) is 2. The van der Waals surface area contributed by atoms with Gasteiger partial charge in [0.1, 0.15) is 5.82 Å². The van der Waals surface area contributed by atoms with Gasteiger partial charge in [0.2, 0.25) is 0 Å². The zero-order valence-corrected chi connectivity index (χ0v) is 16.7. The molecule has 0 saturated carbocycles. The van der Waals surface area contributed by atoms with Crippen molar-refractivity contribution in [3.63, 3.8) is 0 Å². The van der Waals surface area contributed by atoms with Crippen molar-refractivity contribution in [3.05, 3.63) is 88.0 Å². The van der Waals surface area contributed by atoms with Crippen LogP contribution in [0.2, 0.25) is 0 Å². The van der Waals surface area contributed by atoms with Crippen molar-refractivity contribution in [2.75, 3.05) is 17.7 Å². The van der Waals surface area contributed by atoms with Crippen molar-refractivity contribution < 1.29 is 14.3 Å². The van der Waals surface area contributed by atoms with Crippen molar-refractivity contribution in [1.82, 2.24) is 4.98 Å². The lowest BCUT2D eigenvalue weighted by Gasteiger charge is -2.11. The van der Waals surface area contributed by atoms with Gasteiger partial charge in [-0.15, -0.1) is 0 Å². The van der Waals surface area contributed by atoms with Crippen molar-refractivity contribution >= 4 is 39.2 Å². The molecule has 0 fully saturated rings. The molecule has 7 heteroatoms. The largest absolute Gasteiger partial charge is 0.380 e. The Balaban J connectivity index is 1.73. The summed E-state index contributed by atoms with van der Waals surface area (Å²) in [5.41, 5.74) is 2.25. The van der Waals surface area contributed by atoms with Gasteiger partial charge in [-0.25, -0.2) is 4.98 Å². The lowest BCUT2D eigenvalue weighted by atomic mass is 10.1. The Morgan fingerprint density at radius 2 is 1.82 bits per heavy atom. The van der Waals surface area contributed by atoms with E-state index in [1.807, 2.05) is 12.1 Å². The van der Waals surface area contributed by atoms with E-state index in [1.54, 1.807) is 61.8 Å². The number of halogens is 1. The van der Waals surface area contributed by atoms with Crippen LogP contribution in [-0.2, 0) is 11.3 Å². The Bertz CT molecular complexity index is 990. The molecule has 142 valence electrons. The van der Waals surface area contributed by atoms with Crippen LogP contribution in [0.5, 0.6) is 0 Å². The minimum absolute atomic E-state index is 0.264. The number of carbonyl (C=O) groups excluding carboxylic acids is 2. The topological polar surface area (TPSA) is 80.3 Å². The van der Waals surface area contributed by atoms with Crippen molar-refractivity contribution in [3.8, 4) is 0 Å². The van der Waals surface area contributed by atoms with E-state index in [1.165, 1.54) is 0 Å². The van der Waals surface area contributed by atoms with E-state index < -0.39 is 0 Å².